The van der Waals surface area contributed by atoms with Gasteiger partial charge in [0.15, 0.2) is 0 Å². The standard InChI is InChI=1S/C22H32O3/c1-2-3-15-18-21(23)19-16-13-11-9-7-5-4-6-8-10-12-14-17-20-22(24)25/h3,5-8,11-16,19,21,23H,2,4,9-10,17-18,20H2,1H3,(H,24,25)/b7-5+,8-6+,13-11+,14-12+,15-3+,19-16+. The van der Waals surface area contributed by atoms with Crippen LogP contribution in [0.3, 0.4) is 0 Å². The van der Waals surface area contributed by atoms with Crippen molar-refractivity contribution in [1.82, 2.24) is 0 Å². The van der Waals surface area contributed by atoms with E-state index in [1.807, 2.05) is 30.4 Å². The van der Waals surface area contributed by atoms with E-state index in [1.165, 1.54) is 0 Å². The average Bonchev–Trinajstić information content (AvgIpc) is 2.58. The lowest BCUT2D eigenvalue weighted by atomic mass is 10.2. The van der Waals surface area contributed by atoms with Gasteiger partial charge < -0.3 is 10.2 Å². The Balaban J connectivity index is 3.66. The Morgan fingerprint density at radius 3 is 2.04 bits per heavy atom. The molecule has 0 rings (SSSR count). The molecule has 3 nitrogen and oxygen atoms in total. The summed E-state index contributed by atoms with van der Waals surface area (Å²) < 4.78 is 0. The van der Waals surface area contributed by atoms with E-state index < -0.39 is 12.1 Å². The topological polar surface area (TPSA) is 57.5 Å². The maximum atomic E-state index is 10.3. The van der Waals surface area contributed by atoms with Gasteiger partial charge in [-0.25, -0.2) is 0 Å². The van der Waals surface area contributed by atoms with Crippen molar-refractivity contribution >= 4 is 5.97 Å². The second kappa shape index (κ2) is 18.2. The summed E-state index contributed by atoms with van der Waals surface area (Å²) in [5.74, 6) is -0.754. The molecule has 0 aromatic carbocycles. The van der Waals surface area contributed by atoms with E-state index >= 15 is 0 Å². The first-order chi connectivity index (χ1) is 12.2. The van der Waals surface area contributed by atoms with Crippen LogP contribution in [0.2, 0.25) is 0 Å². The molecule has 2 N–H and O–H groups in total. The van der Waals surface area contributed by atoms with E-state index in [0.717, 1.165) is 25.7 Å². The fourth-order valence-corrected chi connectivity index (χ4v) is 1.87. The quantitative estimate of drug-likeness (QED) is 0.322. The third-order valence-electron chi connectivity index (χ3n) is 3.20. The Morgan fingerprint density at radius 2 is 1.44 bits per heavy atom. The van der Waals surface area contributed by atoms with Crippen LogP contribution in [0.15, 0.2) is 72.9 Å². The molecular formula is C22H32O3. The van der Waals surface area contributed by atoms with Crippen molar-refractivity contribution in [1.29, 1.82) is 0 Å². The minimum atomic E-state index is -0.754. The van der Waals surface area contributed by atoms with Crippen molar-refractivity contribution in [3.05, 3.63) is 72.9 Å². The molecule has 0 heterocycles. The Kier molecular flexibility index (Phi) is 16.7. The van der Waals surface area contributed by atoms with Gasteiger partial charge in [0.05, 0.1) is 6.10 Å². The fourth-order valence-electron chi connectivity index (χ4n) is 1.87. The van der Waals surface area contributed by atoms with E-state index in [1.54, 1.807) is 6.08 Å². The van der Waals surface area contributed by atoms with Gasteiger partial charge in [-0.05, 0) is 38.5 Å². The van der Waals surface area contributed by atoms with Gasteiger partial charge in [0.25, 0.3) is 0 Å². The first-order valence-electron chi connectivity index (χ1n) is 9.00. The molecule has 0 saturated carbocycles. The minimum absolute atomic E-state index is 0.195. The van der Waals surface area contributed by atoms with Gasteiger partial charge in [-0.3, -0.25) is 4.79 Å². The molecule has 0 aliphatic rings. The Labute approximate surface area is 152 Å². The molecule has 138 valence electrons. The summed E-state index contributed by atoms with van der Waals surface area (Å²) in [5, 5.41) is 18.2. The number of carboxylic acids is 1. The average molecular weight is 344 g/mol. The number of aliphatic hydroxyl groups is 1. The van der Waals surface area contributed by atoms with Crippen LogP contribution in [0.5, 0.6) is 0 Å². The highest BCUT2D eigenvalue weighted by molar-refractivity contribution is 5.66. The number of rotatable bonds is 14. The van der Waals surface area contributed by atoms with Crippen LogP contribution >= 0.6 is 0 Å². The number of hydrogen-bond acceptors (Lipinski definition) is 2. The Morgan fingerprint density at radius 1 is 0.840 bits per heavy atom. The third-order valence-corrected chi connectivity index (χ3v) is 3.20. The summed E-state index contributed by atoms with van der Waals surface area (Å²) in [7, 11) is 0. The van der Waals surface area contributed by atoms with Gasteiger partial charge in [0.1, 0.15) is 0 Å². The Bertz CT molecular complexity index is 493. The van der Waals surface area contributed by atoms with E-state index in [9.17, 15) is 9.90 Å². The van der Waals surface area contributed by atoms with Crippen LogP contribution in [0.1, 0.15) is 51.9 Å². The van der Waals surface area contributed by atoms with Gasteiger partial charge in [-0.2, -0.15) is 0 Å². The monoisotopic (exact) mass is 344 g/mol. The normalized spacial score (nSPS) is 14.3. The molecule has 1 unspecified atom stereocenters. The fraction of sp³-hybridized carbons (Fsp3) is 0.409. The highest BCUT2D eigenvalue weighted by Crippen LogP contribution is 1.98. The summed E-state index contributed by atoms with van der Waals surface area (Å²) in [5.41, 5.74) is 0. The molecule has 0 spiro atoms. The minimum Gasteiger partial charge on any atom is -0.481 e. The number of aliphatic carboxylic acids is 1. The van der Waals surface area contributed by atoms with Crippen LogP contribution in [-0.2, 0) is 4.79 Å². The zero-order chi connectivity index (χ0) is 18.6. The molecule has 0 saturated heterocycles. The molecule has 0 bridgehead atoms. The van der Waals surface area contributed by atoms with Gasteiger partial charge in [0.2, 0.25) is 0 Å². The lowest BCUT2D eigenvalue weighted by Crippen LogP contribution is -1.98. The summed E-state index contributed by atoms with van der Waals surface area (Å²) >= 11 is 0. The van der Waals surface area contributed by atoms with E-state index in [4.69, 9.17) is 5.11 Å². The van der Waals surface area contributed by atoms with E-state index in [2.05, 4.69) is 43.4 Å². The smallest absolute Gasteiger partial charge is 0.303 e. The SMILES string of the molecule is CC/C=C/CC(O)/C=C/C=C/C/C=C/C/C=C/C/C=C/CCC(=O)O. The maximum Gasteiger partial charge on any atom is 0.303 e. The highest BCUT2D eigenvalue weighted by atomic mass is 16.4. The van der Waals surface area contributed by atoms with Gasteiger partial charge >= 0.3 is 5.97 Å². The highest BCUT2D eigenvalue weighted by Gasteiger charge is 1.92. The first kappa shape index (κ1) is 22.9. The molecule has 0 aliphatic heterocycles. The van der Waals surface area contributed by atoms with E-state index in [0.29, 0.717) is 12.8 Å². The molecule has 0 amide bonds. The molecule has 0 aliphatic carbocycles. The lowest BCUT2D eigenvalue weighted by Gasteiger charge is -1.98. The summed E-state index contributed by atoms with van der Waals surface area (Å²) in [6.45, 7) is 2.08. The van der Waals surface area contributed by atoms with Crippen LogP contribution < -0.4 is 0 Å². The molecule has 25 heavy (non-hydrogen) atoms. The predicted molar refractivity (Wildman–Crippen MR) is 106 cm³/mol. The molecule has 0 aromatic heterocycles. The first-order valence-corrected chi connectivity index (χ1v) is 9.00. The number of carboxylic acid groups (broad SMARTS) is 1. The zero-order valence-electron chi connectivity index (χ0n) is 15.3. The van der Waals surface area contributed by atoms with Crippen molar-refractivity contribution in [2.24, 2.45) is 0 Å². The lowest BCUT2D eigenvalue weighted by molar-refractivity contribution is -0.136. The molecule has 0 fully saturated rings. The number of aliphatic hydroxyl groups excluding tert-OH is 1. The molecule has 1 atom stereocenters. The van der Waals surface area contributed by atoms with Crippen molar-refractivity contribution in [2.75, 3.05) is 0 Å². The summed E-state index contributed by atoms with van der Waals surface area (Å²) in [4.78, 5) is 10.3. The predicted octanol–water partition coefficient (Wildman–Crippen LogP) is 5.52. The number of hydrogen-bond donors (Lipinski definition) is 2. The second-order valence-corrected chi connectivity index (χ2v) is 5.55. The van der Waals surface area contributed by atoms with Crippen molar-refractivity contribution in [3.8, 4) is 0 Å². The molecule has 3 heteroatoms. The number of carbonyl (C=O) groups is 1. The number of allylic oxidation sites excluding steroid dienone is 10. The van der Waals surface area contributed by atoms with E-state index in [-0.39, 0.29) is 6.42 Å². The summed E-state index contributed by atoms with van der Waals surface area (Å²) in [6, 6.07) is 0. The zero-order valence-corrected chi connectivity index (χ0v) is 15.3. The Hall–Kier alpha value is -2.13. The van der Waals surface area contributed by atoms with Crippen molar-refractivity contribution in [3.63, 3.8) is 0 Å². The van der Waals surface area contributed by atoms with Crippen molar-refractivity contribution < 1.29 is 15.0 Å². The largest absolute Gasteiger partial charge is 0.481 e. The van der Waals surface area contributed by atoms with Crippen LogP contribution in [0, 0.1) is 0 Å². The molecule has 0 aromatic rings. The van der Waals surface area contributed by atoms with Crippen LogP contribution in [0.4, 0.5) is 0 Å². The van der Waals surface area contributed by atoms with Crippen molar-refractivity contribution in [2.45, 2.75) is 58.0 Å². The molecule has 0 radical (unpaired) electrons. The van der Waals surface area contributed by atoms with Gasteiger partial charge in [-0.1, -0.05) is 79.8 Å². The second-order valence-electron chi connectivity index (χ2n) is 5.55. The summed E-state index contributed by atoms with van der Waals surface area (Å²) in [6.07, 6.45) is 28.7. The van der Waals surface area contributed by atoms with Gasteiger partial charge in [-0.15, -0.1) is 0 Å². The third kappa shape index (κ3) is 19.8. The molecular weight excluding hydrogens is 312 g/mol. The van der Waals surface area contributed by atoms with Gasteiger partial charge in [0, 0.05) is 6.42 Å². The van der Waals surface area contributed by atoms with Crippen LogP contribution in [-0.4, -0.2) is 22.3 Å². The maximum absolute atomic E-state index is 10.3. The van der Waals surface area contributed by atoms with Crippen LogP contribution in [0.25, 0.3) is 0 Å².